The van der Waals surface area contributed by atoms with E-state index in [-0.39, 0.29) is 17.5 Å². The minimum absolute atomic E-state index is 0.0856. The molecule has 2 aliphatic rings. The summed E-state index contributed by atoms with van der Waals surface area (Å²) in [7, 11) is -2.25. The molecule has 34 heavy (non-hydrogen) atoms. The number of thiophene rings is 1. The van der Waals surface area contributed by atoms with Crippen LogP contribution in [0.2, 0.25) is 5.02 Å². The average molecular weight is 519 g/mol. The number of oxazole rings is 1. The standard InChI is InChI=1S/C23H23ClN4O4S2/c1-4-16-19(13-6-5-12-7-8-17(29)14(12)9-13)32-21(26-16)18-10-15(24)20(33-18)23(2)11-34(30,31)28(3)22(25)27-23/h5-6,9-10H,4,7-8,11H2,1-3H3,(H2,25,27). The van der Waals surface area contributed by atoms with Gasteiger partial charge in [0, 0.05) is 24.6 Å². The van der Waals surface area contributed by atoms with Crippen LogP contribution in [-0.4, -0.2) is 42.3 Å². The lowest BCUT2D eigenvalue weighted by molar-refractivity contribution is 0.0994. The third kappa shape index (κ3) is 3.64. The predicted molar refractivity (Wildman–Crippen MR) is 133 cm³/mol. The maximum atomic E-state index is 12.6. The fourth-order valence-electron chi connectivity index (χ4n) is 4.41. The first-order chi connectivity index (χ1) is 16.0. The normalized spacial score (nSPS) is 21.6. The number of benzene rings is 1. The predicted octanol–water partition coefficient (Wildman–Crippen LogP) is 4.22. The van der Waals surface area contributed by atoms with E-state index < -0.39 is 15.6 Å². The van der Waals surface area contributed by atoms with Gasteiger partial charge in [-0.15, -0.1) is 11.3 Å². The van der Waals surface area contributed by atoms with E-state index in [4.69, 9.17) is 21.8 Å². The van der Waals surface area contributed by atoms with Crippen molar-refractivity contribution in [2.75, 3.05) is 12.8 Å². The van der Waals surface area contributed by atoms with Crippen molar-refractivity contribution in [3.8, 4) is 22.1 Å². The molecule has 0 saturated carbocycles. The second kappa shape index (κ2) is 7.93. The van der Waals surface area contributed by atoms with Crippen molar-refractivity contribution in [1.82, 2.24) is 9.29 Å². The lowest BCUT2D eigenvalue weighted by Gasteiger charge is -2.33. The quantitative estimate of drug-likeness (QED) is 0.552. The Labute approximate surface area is 206 Å². The molecular weight excluding hydrogens is 496 g/mol. The summed E-state index contributed by atoms with van der Waals surface area (Å²) in [5.74, 6) is 0.800. The molecule has 1 aliphatic carbocycles. The summed E-state index contributed by atoms with van der Waals surface area (Å²) in [6.07, 6.45) is 1.94. The van der Waals surface area contributed by atoms with Gasteiger partial charge in [-0.25, -0.2) is 22.7 Å². The highest BCUT2D eigenvalue weighted by Gasteiger charge is 2.42. The molecule has 0 radical (unpaired) electrons. The second-order valence-corrected chi connectivity index (χ2v) is 12.2. The highest BCUT2D eigenvalue weighted by Crippen LogP contribution is 2.45. The highest BCUT2D eigenvalue weighted by molar-refractivity contribution is 7.89. The molecule has 0 fully saturated rings. The summed E-state index contributed by atoms with van der Waals surface area (Å²) < 4.78 is 32.3. The summed E-state index contributed by atoms with van der Waals surface area (Å²) in [5, 5.41) is 0.375. The zero-order valence-corrected chi connectivity index (χ0v) is 21.3. The molecule has 0 saturated heterocycles. The van der Waals surface area contributed by atoms with Crippen LogP contribution in [0.3, 0.4) is 0 Å². The number of guanidine groups is 1. The third-order valence-electron chi connectivity index (χ3n) is 6.28. The van der Waals surface area contributed by atoms with E-state index in [0.717, 1.165) is 33.1 Å². The number of halogens is 1. The highest BCUT2D eigenvalue weighted by atomic mass is 35.5. The fraction of sp³-hybridized carbons (Fsp3) is 0.348. The molecule has 8 nitrogen and oxygen atoms in total. The van der Waals surface area contributed by atoms with Crippen LogP contribution >= 0.6 is 22.9 Å². The molecule has 2 N–H and O–H groups in total. The van der Waals surface area contributed by atoms with Gasteiger partial charge in [-0.2, -0.15) is 0 Å². The minimum Gasteiger partial charge on any atom is -0.435 e. The zero-order chi connectivity index (χ0) is 24.4. The summed E-state index contributed by atoms with van der Waals surface area (Å²) in [6.45, 7) is 3.68. The molecule has 1 aromatic carbocycles. The number of ketones is 1. The van der Waals surface area contributed by atoms with Gasteiger partial charge in [0.15, 0.2) is 11.5 Å². The molecule has 1 aliphatic heterocycles. The molecule has 5 rings (SSSR count). The van der Waals surface area contributed by atoms with E-state index in [1.165, 1.54) is 18.4 Å². The molecule has 3 heterocycles. The lowest BCUT2D eigenvalue weighted by atomic mass is 10.0. The van der Waals surface area contributed by atoms with Crippen molar-refractivity contribution in [3.63, 3.8) is 0 Å². The average Bonchev–Trinajstić information content (AvgIpc) is 3.48. The van der Waals surface area contributed by atoms with Gasteiger partial charge in [0.05, 0.1) is 26.2 Å². The van der Waals surface area contributed by atoms with Crippen LogP contribution in [0.4, 0.5) is 0 Å². The van der Waals surface area contributed by atoms with Gasteiger partial charge in [0.1, 0.15) is 5.54 Å². The van der Waals surface area contributed by atoms with Crippen molar-refractivity contribution in [2.24, 2.45) is 10.7 Å². The van der Waals surface area contributed by atoms with Crippen LogP contribution in [-0.2, 0) is 28.4 Å². The fourth-order valence-corrected chi connectivity index (χ4v) is 7.50. The minimum atomic E-state index is -3.63. The number of hydrogen-bond acceptors (Lipinski definition) is 8. The molecular formula is C23H23ClN4O4S2. The van der Waals surface area contributed by atoms with Crippen LogP contribution < -0.4 is 5.73 Å². The number of carbonyl (C=O) groups excluding carboxylic acids is 1. The van der Waals surface area contributed by atoms with Crippen LogP contribution in [0.1, 0.15) is 46.8 Å². The van der Waals surface area contributed by atoms with Gasteiger partial charge in [-0.1, -0.05) is 30.7 Å². The van der Waals surface area contributed by atoms with E-state index in [9.17, 15) is 13.2 Å². The zero-order valence-electron chi connectivity index (χ0n) is 18.9. The van der Waals surface area contributed by atoms with Gasteiger partial charge < -0.3 is 10.2 Å². The number of rotatable bonds is 4. The number of Topliss-reactive ketones (excluding diaryl/α,β-unsaturated/α-hetero) is 1. The Morgan fingerprint density at radius 2 is 2.06 bits per heavy atom. The molecule has 178 valence electrons. The lowest BCUT2D eigenvalue weighted by Crippen LogP contribution is -2.50. The van der Waals surface area contributed by atoms with E-state index in [0.29, 0.717) is 39.3 Å². The van der Waals surface area contributed by atoms with Crippen LogP contribution in [0.25, 0.3) is 22.1 Å². The number of sulfonamides is 1. The number of carbonyl (C=O) groups is 1. The molecule has 1 atom stereocenters. The van der Waals surface area contributed by atoms with E-state index in [1.54, 1.807) is 13.0 Å². The molecule has 11 heteroatoms. The monoisotopic (exact) mass is 518 g/mol. The molecule has 3 aromatic rings. The van der Waals surface area contributed by atoms with Crippen LogP contribution in [0.5, 0.6) is 0 Å². The Hall–Kier alpha value is -2.69. The smallest absolute Gasteiger partial charge is 0.239 e. The Bertz CT molecular complexity index is 1470. The van der Waals surface area contributed by atoms with Crippen molar-refractivity contribution in [2.45, 2.75) is 38.6 Å². The second-order valence-electron chi connectivity index (χ2n) is 8.70. The Kier molecular flexibility index (Phi) is 5.38. The van der Waals surface area contributed by atoms with Crippen molar-refractivity contribution < 1.29 is 17.6 Å². The maximum absolute atomic E-state index is 12.6. The number of nitrogens with zero attached hydrogens (tertiary/aromatic N) is 3. The number of aliphatic imine (C=N–C) groups is 1. The molecule has 1 unspecified atom stereocenters. The number of nitrogens with two attached hydrogens (primary N) is 1. The van der Waals surface area contributed by atoms with Gasteiger partial charge in [-0.05, 0) is 37.5 Å². The van der Waals surface area contributed by atoms with E-state index in [2.05, 4.69) is 9.98 Å². The largest absolute Gasteiger partial charge is 0.435 e. The molecule has 0 spiro atoms. The number of aromatic nitrogens is 1. The van der Waals surface area contributed by atoms with E-state index in [1.807, 2.05) is 25.1 Å². The summed E-state index contributed by atoms with van der Waals surface area (Å²) >= 11 is 7.84. The first-order valence-corrected chi connectivity index (χ1v) is 13.6. The summed E-state index contributed by atoms with van der Waals surface area (Å²) in [6, 6.07) is 7.52. The van der Waals surface area contributed by atoms with Crippen molar-refractivity contribution >= 4 is 44.7 Å². The van der Waals surface area contributed by atoms with Crippen LogP contribution in [0.15, 0.2) is 33.7 Å². The van der Waals surface area contributed by atoms with Crippen molar-refractivity contribution in [3.05, 3.63) is 51.0 Å². The van der Waals surface area contributed by atoms with Crippen LogP contribution in [0, 0.1) is 0 Å². The molecule has 0 amide bonds. The number of aryl methyl sites for hydroxylation is 2. The Balaban J connectivity index is 1.56. The molecule has 2 aromatic heterocycles. The number of fused-ring (bicyclic) bond motifs is 1. The number of hydrogen-bond donors (Lipinski definition) is 1. The molecule has 0 bridgehead atoms. The SMILES string of the molecule is CCc1nc(-c2cc(Cl)c(C3(C)CS(=O)(=O)N(C)C(N)=N3)s2)oc1-c1ccc2c(c1)C(=O)CC2. The van der Waals surface area contributed by atoms with E-state index >= 15 is 0 Å². The van der Waals surface area contributed by atoms with Gasteiger partial charge in [0.25, 0.3) is 0 Å². The maximum Gasteiger partial charge on any atom is 0.239 e. The van der Waals surface area contributed by atoms with Crippen molar-refractivity contribution in [1.29, 1.82) is 0 Å². The topological polar surface area (TPSA) is 119 Å². The first-order valence-electron chi connectivity index (χ1n) is 10.8. The summed E-state index contributed by atoms with van der Waals surface area (Å²) in [5.41, 5.74) is 8.13. The first kappa shape index (κ1) is 23.1. The Morgan fingerprint density at radius 3 is 2.76 bits per heavy atom. The Morgan fingerprint density at radius 1 is 1.29 bits per heavy atom. The summed E-state index contributed by atoms with van der Waals surface area (Å²) in [4.78, 5) is 22.6. The van der Waals surface area contributed by atoms with Gasteiger partial charge in [0.2, 0.25) is 21.9 Å². The third-order valence-corrected chi connectivity index (χ3v) is 10.0. The van der Waals surface area contributed by atoms with Gasteiger partial charge >= 0.3 is 0 Å². The van der Waals surface area contributed by atoms with Gasteiger partial charge in [-0.3, -0.25) is 4.79 Å².